The lowest BCUT2D eigenvalue weighted by atomic mass is 10.1. The summed E-state index contributed by atoms with van der Waals surface area (Å²) >= 11 is 6.03. The van der Waals surface area contributed by atoms with Gasteiger partial charge in [-0.2, -0.15) is 0 Å². The smallest absolute Gasteiger partial charge is 0.261 e. The van der Waals surface area contributed by atoms with Crippen molar-refractivity contribution in [1.82, 2.24) is 19.5 Å². The van der Waals surface area contributed by atoms with Gasteiger partial charge in [0.1, 0.15) is 11.6 Å². The molecule has 0 amide bonds. The van der Waals surface area contributed by atoms with Crippen LogP contribution in [0.2, 0.25) is 5.02 Å². The normalized spacial score (nSPS) is 18.7. The maximum atomic E-state index is 13.4. The zero-order chi connectivity index (χ0) is 20.7. The number of benzene rings is 1. The highest BCUT2D eigenvalue weighted by atomic mass is 35.5. The van der Waals surface area contributed by atoms with Crippen LogP contribution in [0.1, 0.15) is 6.04 Å². The van der Waals surface area contributed by atoms with Crippen molar-refractivity contribution in [3.8, 4) is 22.5 Å². The number of nitrogens with zero attached hydrogens (tertiary/aromatic N) is 4. The van der Waals surface area contributed by atoms with Gasteiger partial charge in [0.2, 0.25) is 0 Å². The van der Waals surface area contributed by atoms with Gasteiger partial charge in [0.15, 0.2) is 0 Å². The molecule has 1 N–H and O–H groups in total. The number of rotatable bonds is 3. The van der Waals surface area contributed by atoms with Crippen LogP contribution in [-0.4, -0.2) is 43.9 Å². The first-order chi connectivity index (χ1) is 14.6. The topological polar surface area (TPSA) is 90.1 Å². The van der Waals surface area contributed by atoms with Crippen LogP contribution in [0.4, 0.5) is 0 Å². The van der Waals surface area contributed by atoms with Crippen LogP contribution in [0.3, 0.4) is 0 Å². The van der Waals surface area contributed by atoms with Crippen molar-refractivity contribution >= 4 is 22.5 Å². The van der Waals surface area contributed by atoms with E-state index in [1.807, 2.05) is 24.3 Å². The highest BCUT2D eigenvalue weighted by molar-refractivity contribution is 6.30. The Hall–Kier alpha value is -3.13. The van der Waals surface area contributed by atoms with Crippen LogP contribution in [0.25, 0.3) is 33.4 Å². The molecule has 4 heterocycles. The van der Waals surface area contributed by atoms with E-state index in [2.05, 4.69) is 9.97 Å². The SMILES string of the molecule is O=c1c2cc(-c3ccc(Cl)cc3)nc(-c3cccnc3)c2ncn1[C@H]1COC[C@H]1O. The third-order valence-electron chi connectivity index (χ3n) is 5.22. The van der Waals surface area contributed by atoms with Gasteiger partial charge in [-0.15, -0.1) is 0 Å². The lowest BCUT2D eigenvalue weighted by Crippen LogP contribution is -2.32. The second-order valence-electron chi connectivity index (χ2n) is 7.13. The Morgan fingerprint density at radius 1 is 1.13 bits per heavy atom. The summed E-state index contributed by atoms with van der Waals surface area (Å²) in [4.78, 5) is 26.9. The van der Waals surface area contributed by atoms with Crippen LogP contribution < -0.4 is 5.56 Å². The van der Waals surface area contributed by atoms with E-state index in [0.29, 0.717) is 27.3 Å². The van der Waals surface area contributed by atoms with Gasteiger partial charge < -0.3 is 9.84 Å². The van der Waals surface area contributed by atoms with E-state index in [1.165, 1.54) is 10.9 Å². The molecule has 1 aliphatic rings. The van der Waals surface area contributed by atoms with Gasteiger partial charge >= 0.3 is 0 Å². The molecule has 0 spiro atoms. The number of aromatic nitrogens is 4. The van der Waals surface area contributed by atoms with Crippen LogP contribution in [0, 0.1) is 0 Å². The summed E-state index contributed by atoms with van der Waals surface area (Å²) in [5.41, 5.74) is 3.00. The Labute approximate surface area is 176 Å². The average Bonchev–Trinajstić information content (AvgIpc) is 3.20. The standard InChI is InChI=1S/C22H17ClN4O3/c23-15-5-3-13(4-6-15)17-8-16-21(20(26-17)14-2-1-7-24-9-14)25-12-27(22(16)29)18-10-30-11-19(18)28/h1-9,12,18-19,28H,10-11H2/t18-,19+/m0/s1. The summed E-state index contributed by atoms with van der Waals surface area (Å²) in [5, 5.41) is 11.2. The molecule has 5 rings (SSSR count). The number of fused-ring (bicyclic) bond motifs is 1. The van der Waals surface area contributed by atoms with Crippen molar-refractivity contribution in [2.75, 3.05) is 13.2 Å². The molecule has 1 fully saturated rings. The van der Waals surface area contributed by atoms with Crippen molar-refractivity contribution in [2.45, 2.75) is 12.1 Å². The Bertz CT molecular complexity index is 1280. The van der Waals surface area contributed by atoms with Crippen molar-refractivity contribution in [1.29, 1.82) is 0 Å². The molecule has 1 aromatic carbocycles. The number of ether oxygens (including phenoxy) is 1. The van der Waals surface area contributed by atoms with Crippen LogP contribution in [-0.2, 0) is 4.74 Å². The summed E-state index contributed by atoms with van der Waals surface area (Å²) in [7, 11) is 0. The fraction of sp³-hybridized carbons (Fsp3) is 0.182. The van der Waals surface area contributed by atoms with E-state index < -0.39 is 12.1 Å². The van der Waals surface area contributed by atoms with E-state index >= 15 is 0 Å². The largest absolute Gasteiger partial charge is 0.388 e. The number of hydrogen-bond acceptors (Lipinski definition) is 6. The van der Waals surface area contributed by atoms with Crippen molar-refractivity contribution in [3.05, 3.63) is 76.6 Å². The highest BCUT2D eigenvalue weighted by Crippen LogP contribution is 2.29. The Morgan fingerprint density at radius 3 is 2.67 bits per heavy atom. The van der Waals surface area contributed by atoms with Gasteiger partial charge in [-0.05, 0) is 30.3 Å². The molecule has 0 bridgehead atoms. The highest BCUT2D eigenvalue weighted by Gasteiger charge is 2.29. The first kappa shape index (κ1) is 18.9. The lowest BCUT2D eigenvalue weighted by molar-refractivity contribution is 0.119. The summed E-state index contributed by atoms with van der Waals surface area (Å²) < 4.78 is 6.76. The molecule has 0 radical (unpaired) electrons. The maximum Gasteiger partial charge on any atom is 0.261 e. The third kappa shape index (κ3) is 3.27. The first-order valence-corrected chi connectivity index (χ1v) is 9.83. The second-order valence-corrected chi connectivity index (χ2v) is 7.57. The molecule has 30 heavy (non-hydrogen) atoms. The Kier molecular flexibility index (Phi) is 4.78. The van der Waals surface area contributed by atoms with Crippen LogP contribution in [0.5, 0.6) is 0 Å². The number of hydrogen-bond donors (Lipinski definition) is 1. The Morgan fingerprint density at radius 2 is 1.97 bits per heavy atom. The van der Waals surface area contributed by atoms with E-state index in [4.69, 9.17) is 21.3 Å². The molecular weight excluding hydrogens is 404 g/mol. The molecule has 0 aliphatic carbocycles. The molecule has 3 aromatic heterocycles. The molecular formula is C22H17ClN4O3. The molecule has 7 nitrogen and oxygen atoms in total. The zero-order valence-electron chi connectivity index (χ0n) is 15.8. The molecule has 0 saturated carbocycles. The summed E-state index contributed by atoms with van der Waals surface area (Å²) in [5.74, 6) is 0. The quantitative estimate of drug-likeness (QED) is 0.547. The lowest BCUT2D eigenvalue weighted by Gasteiger charge is -2.17. The van der Waals surface area contributed by atoms with E-state index in [9.17, 15) is 9.90 Å². The van der Waals surface area contributed by atoms with Gasteiger partial charge in [-0.1, -0.05) is 23.7 Å². The predicted octanol–water partition coefficient (Wildman–Crippen LogP) is 3.11. The van der Waals surface area contributed by atoms with E-state index in [1.54, 1.807) is 30.6 Å². The molecule has 4 aromatic rings. The zero-order valence-corrected chi connectivity index (χ0v) is 16.5. The third-order valence-corrected chi connectivity index (χ3v) is 5.47. The molecule has 150 valence electrons. The minimum atomic E-state index is -0.752. The number of pyridine rings is 2. The van der Waals surface area contributed by atoms with Crippen LogP contribution in [0.15, 0.2) is 66.0 Å². The van der Waals surface area contributed by atoms with E-state index in [0.717, 1.165) is 11.1 Å². The molecule has 1 saturated heterocycles. The van der Waals surface area contributed by atoms with Crippen molar-refractivity contribution < 1.29 is 9.84 Å². The van der Waals surface area contributed by atoms with Gasteiger partial charge in [0.05, 0.1) is 42.4 Å². The predicted molar refractivity (Wildman–Crippen MR) is 113 cm³/mol. The van der Waals surface area contributed by atoms with Gasteiger partial charge in [0, 0.05) is 28.5 Å². The second kappa shape index (κ2) is 7.60. The maximum absolute atomic E-state index is 13.4. The number of halogens is 1. The number of aliphatic hydroxyl groups excluding tert-OH is 1. The van der Waals surface area contributed by atoms with Gasteiger partial charge in [-0.25, -0.2) is 9.97 Å². The average molecular weight is 421 g/mol. The van der Waals surface area contributed by atoms with Gasteiger partial charge in [-0.3, -0.25) is 14.3 Å². The Balaban J connectivity index is 1.78. The summed E-state index contributed by atoms with van der Waals surface area (Å²) in [6.07, 6.45) is 4.07. The molecule has 1 aliphatic heterocycles. The van der Waals surface area contributed by atoms with Crippen molar-refractivity contribution in [2.24, 2.45) is 0 Å². The van der Waals surface area contributed by atoms with Gasteiger partial charge in [0.25, 0.3) is 5.56 Å². The minimum absolute atomic E-state index is 0.197. The number of aliphatic hydroxyl groups is 1. The molecule has 0 unspecified atom stereocenters. The summed E-state index contributed by atoms with van der Waals surface area (Å²) in [6.45, 7) is 0.460. The summed E-state index contributed by atoms with van der Waals surface area (Å²) in [6, 6.07) is 12.2. The van der Waals surface area contributed by atoms with E-state index in [-0.39, 0.29) is 18.8 Å². The molecule has 2 atom stereocenters. The van der Waals surface area contributed by atoms with Crippen LogP contribution >= 0.6 is 11.6 Å². The monoisotopic (exact) mass is 420 g/mol. The minimum Gasteiger partial charge on any atom is -0.388 e. The fourth-order valence-corrected chi connectivity index (χ4v) is 3.78. The fourth-order valence-electron chi connectivity index (χ4n) is 3.65. The van der Waals surface area contributed by atoms with Crippen molar-refractivity contribution in [3.63, 3.8) is 0 Å². The first-order valence-electron chi connectivity index (χ1n) is 9.46. The molecule has 8 heteroatoms.